The first-order valence-electron chi connectivity index (χ1n) is 12.5. The minimum absolute atomic E-state index is 0.0185. The maximum absolute atomic E-state index is 11.9. The lowest BCUT2D eigenvalue weighted by molar-refractivity contribution is -0.167. The molecule has 2 aliphatic rings. The highest BCUT2D eigenvalue weighted by atomic mass is 16.5. The number of carbonyl (C=O) groups excluding carboxylic acids is 1. The summed E-state index contributed by atoms with van der Waals surface area (Å²) in [5.41, 5.74) is 0. The molecule has 0 saturated heterocycles. The molecular weight excluding hydrogens is 462 g/mol. The van der Waals surface area contributed by atoms with Gasteiger partial charge in [-0.2, -0.15) is 0 Å². The summed E-state index contributed by atoms with van der Waals surface area (Å²) in [6.45, 7) is 6.06. The zero-order valence-electron chi connectivity index (χ0n) is 20.9. The Kier molecular flexibility index (Phi) is 12.3. The van der Waals surface area contributed by atoms with E-state index in [0.717, 1.165) is 0 Å². The van der Waals surface area contributed by atoms with Crippen molar-refractivity contribution in [1.82, 2.24) is 5.32 Å². The van der Waals surface area contributed by atoms with Crippen LogP contribution in [0, 0.1) is 35.5 Å². The molecule has 1 amide bonds. The van der Waals surface area contributed by atoms with Crippen molar-refractivity contribution in [3.05, 3.63) is 0 Å². The molecule has 0 aliphatic heterocycles. The Bertz CT molecular complexity index is 664. The van der Waals surface area contributed by atoms with Crippen LogP contribution in [0.1, 0.15) is 33.6 Å². The number of ether oxygens (including phenoxy) is 3. The molecule has 0 aromatic rings. The molecule has 0 spiro atoms. The van der Waals surface area contributed by atoms with E-state index >= 15 is 0 Å². The minimum atomic E-state index is -1.27. The predicted molar refractivity (Wildman–Crippen MR) is 124 cm³/mol. The Hall–Kier alpha value is -1.34. The van der Waals surface area contributed by atoms with Crippen LogP contribution in [0.5, 0.6) is 0 Å². The summed E-state index contributed by atoms with van der Waals surface area (Å²) in [4.78, 5) is 23.7. The van der Waals surface area contributed by atoms with Crippen LogP contribution in [0.4, 0.5) is 0 Å². The van der Waals surface area contributed by atoms with Crippen molar-refractivity contribution in [2.45, 2.75) is 58.0 Å². The second kappa shape index (κ2) is 14.4. The number of carboxylic acids is 1. The number of carbonyl (C=O) groups is 2. The van der Waals surface area contributed by atoms with Crippen molar-refractivity contribution in [1.29, 1.82) is 0 Å². The summed E-state index contributed by atoms with van der Waals surface area (Å²) < 4.78 is 16.8. The van der Waals surface area contributed by atoms with E-state index in [1.807, 2.05) is 6.92 Å². The van der Waals surface area contributed by atoms with Crippen molar-refractivity contribution in [3.8, 4) is 0 Å². The van der Waals surface area contributed by atoms with Gasteiger partial charge in [-0.05, 0) is 26.7 Å². The fraction of sp³-hybridized carbons (Fsp3) is 0.917. The summed E-state index contributed by atoms with van der Waals surface area (Å²) in [6.07, 6.45) is -2.80. The van der Waals surface area contributed by atoms with Crippen LogP contribution in [0.2, 0.25) is 0 Å². The Morgan fingerprint density at radius 1 is 0.800 bits per heavy atom. The zero-order chi connectivity index (χ0) is 26.1. The molecule has 35 heavy (non-hydrogen) atoms. The number of rotatable bonds is 13. The molecule has 2 fully saturated rings. The molecule has 2 aliphatic carbocycles. The quantitative estimate of drug-likeness (QED) is 0.187. The Balaban J connectivity index is 2.09. The number of hydrogen-bond donors (Lipinski definition) is 6. The summed E-state index contributed by atoms with van der Waals surface area (Å²) in [5, 5.41) is 54.5. The molecule has 2 rings (SSSR count). The van der Waals surface area contributed by atoms with Gasteiger partial charge in [-0.1, -0.05) is 0 Å². The molecule has 6 unspecified atom stereocenters. The molecule has 0 aromatic carbocycles. The number of carboxylic acid groups (broad SMARTS) is 1. The van der Waals surface area contributed by atoms with Crippen molar-refractivity contribution < 1.29 is 49.3 Å². The molecule has 0 heterocycles. The average molecular weight is 506 g/mol. The topological polar surface area (TPSA) is 175 Å². The second-order valence-electron chi connectivity index (χ2n) is 9.76. The van der Waals surface area contributed by atoms with Gasteiger partial charge in [0.25, 0.3) is 0 Å². The summed E-state index contributed by atoms with van der Waals surface area (Å²) in [7, 11) is 0. The lowest BCUT2D eigenvalue weighted by Crippen LogP contribution is -2.58. The SMILES string of the molecule is CCOC[C@@H]1CC(CO)[C@@H](O)C(COC[C@@H]2CC(C(=O)O)[C@@H](COCC)C(O)C2O)C1NC(C)=O. The lowest BCUT2D eigenvalue weighted by atomic mass is 9.70. The van der Waals surface area contributed by atoms with Crippen molar-refractivity contribution in [2.75, 3.05) is 46.2 Å². The van der Waals surface area contributed by atoms with Gasteiger partial charge in [0.05, 0.1) is 50.7 Å². The molecule has 204 valence electrons. The molecule has 0 radical (unpaired) electrons. The molecule has 11 nitrogen and oxygen atoms in total. The predicted octanol–water partition coefficient (Wildman–Crippen LogP) is -0.755. The average Bonchev–Trinajstić information content (AvgIpc) is 2.81. The zero-order valence-corrected chi connectivity index (χ0v) is 20.9. The van der Waals surface area contributed by atoms with Crippen LogP contribution in [0.25, 0.3) is 0 Å². The smallest absolute Gasteiger partial charge is 0.306 e. The Morgan fingerprint density at radius 3 is 1.97 bits per heavy atom. The lowest BCUT2D eigenvalue weighted by Gasteiger charge is -2.45. The molecular formula is C24H43NO10. The highest BCUT2D eigenvalue weighted by molar-refractivity contribution is 5.73. The van der Waals surface area contributed by atoms with Gasteiger partial charge in [-0.15, -0.1) is 0 Å². The molecule has 6 N–H and O–H groups in total. The third-order valence-electron chi connectivity index (χ3n) is 7.46. The first-order valence-corrected chi connectivity index (χ1v) is 12.5. The van der Waals surface area contributed by atoms with Crippen LogP contribution in [0.15, 0.2) is 0 Å². The first-order chi connectivity index (χ1) is 16.7. The number of hydrogen-bond acceptors (Lipinski definition) is 9. The van der Waals surface area contributed by atoms with Crippen molar-refractivity contribution >= 4 is 11.9 Å². The van der Waals surface area contributed by atoms with Crippen LogP contribution < -0.4 is 5.32 Å². The van der Waals surface area contributed by atoms with Gasteiger partial charge in [0, 0.05) is 62.4 Å². The summed E-state index contributed by atoms with van der Waals surface area (Å²) >= 11 is 0. The van der Waals surface area contributed by atoms with Gasteiger partial charge >= 0.3 is 5.97 Å². The standard InChI is InChI=1S/C24H43NO10/c1-4-33-9-15-6-14(8-26)21(28)19(20(15)25-13(3)27)12-35-10-16-7-17(24(31)32)18(11-34-5-2)23(30)22(16)29/h14-23,26,28-30H,4-12H2,1-3H3,(H,25,27)(H,31,32)/t14?,15-,16-,17?,18+,19?,20?,21+,22?,23?/m0/s1. The van der Waals surface area contributed by atoms with Gasteiger partial charge in [0.15, 0.2) is 0 Å². The molecule has 2 saturated carbocycles. The van der Waals surface area contributed by atoms with E-state index < -0.39 is 59.9 Å². The van der Waals surface area contributed by atoms with E-state index in [1.165, 1.54) is 6.92 Å². The highest BCUT2D eigenvalue weighted by Gasteiger charge is 2.47. The highest BCUT2D eigenvalue weighted by Crippen LogP contribution is 2.37. The van der Waals surface area contributed by atoms with Gasteiger partial charge in [0.2, 0.25) is 5.91 Å². The largest absolute Gasteiger partial charge is 0.481 e. The van der Waals surface area contributed by atoms with E-state index in [-0.39, 0.29) is 44.7 Å². The van der Waals surface area contributed by atoms with Crippen LogP contribution in [-0.4, -0.2) is 108 Å². The second-order valence-corrected chi connectivity index (χ2v) is 9.76. The van der Waals surface area contributed by atoms with Gasteiger partial charge < -0.3 is 45.1 Å². The fourth-order valence-electron chi connectivity index (χ4n) is 5.56. The van der Waals surface area contributed by atoms with Crippen LogP contribution >= 0.6 is 0 Å². The van der Waals surface area contributed by atoms with E-state index in [2.05, 4.69) is 5.32 Å². The fourth-order valence-corrected chi connectivity index (χ4v) is 5.56. The first kappa shape index (κ1) is 29.9. The minimum Gasteiger partial charge on any atom is -0.481 e. The molecule has 0 aromatic heterocycles. The Morgan fingerprint density at radius 2 is 1.40 bits per heavy atom. The Labute approximate surface area is 206 Å². The number of aliphatic carboxylic acids is 1. The normalized spacial score (nSPS) is 37.7. The van der Waals surface area contributed by atoms with E-state index in [9.17, 15) is 35.1 Å². The van der Waals surface area contributed by atoms with Crippen molar-refractivity contribution in [3.63, 3.8) is 0 Å². The van der Waals surface area contributed by atoms with Gasteiger partial charge in [-0.25, -0.2) is 0 Å². The van der Waals surface area contributed by atoms with E-state index in [0.29, 0.717) is 26.2 Å². The molecule has 0 bridgehead atoms. The summed E-state index contributed by atoms with van der Waals surface area (Å²) in [5.74, 6) is -4.65. The molecule has 10 atom stereocenters. The third kappa shape index (κ3) is 7.82. The van der Waals surface area contributed by atoms with E-state index in [4.69, 9.17) is 14.2 Å². The van der Waals surface area contributed by atoms with Crippen LogP contribution in [0.3, 0.4) is 0 Å². The number of aliphatic hydroxyl groups excluding tert-OH is 4. The van der Waals surface area contributed by atoms with Crippen molar-refractivity contribution in [2.24, 2.45) is 35.5 Å². The monoisotopic (exact) mass is 505 g/mol. The summed E-state index contributed by atoms with van der Waals surface area (Å²) in [6, 6.07) is -0.443. The maximum atomic E-state index is 11.9. The number of nitrogens with one attached hydrogen (secondary N) is 1. The van der Waals surface area contributed by atoms with Crippen LogP contribution in [-0.2, 0) is 23.8 Å². The van der Waals surface area contributed by atoms with Gasteiger partial charge in [0.1, 0.15) is 0 Å². The third-order valence-corrected chi connectivity index (χ3v) is 7.46. The number of aliphatic hydroxyl groups is 4. The molecule has 11 heteroatoms. The number of amides is 1. The maximum Gasteiger partial charge on any atom is 0.306 e. The van der Waals surface area contributed by atoms with E-state index in [1.54, 1.807) is 6.92 Å². The van der Waals surface area contributed by atoms with Gasteiger partial charge in [-0.3, -0.25) is 9.59 Å².